The zero-order valence-electron chi connectivity index (χ0n) is 7.97. The van der Waals surface area contributed by atoms with Crippen LogP contribution in [-0.2, 0) is 4.79 Å². The second-order valence-electron chi connectivity index (χ2n) is 4.47. The lowest BCUT2D eigenvalue weighted by Gasteiger charge is -2.26. The predicted octanol–water partition coefficient (Wildman–Crippen LogP) is 1.80. The van der Waals surface area contributed by atoms with Crippen LogP contribution in [0, 0.1) is 5.92 Å². The van der Waals surface area contributed by atoms with Crippen LogP contribution in [0.1, 0.15) is 39.5 Å². The number of likely N-dealkylation sites (tertiary alicyclic amines) is 1. The van der Waals surface area contributed by atoms with Crippen LogP contribution in [0.15, 0.2) is 0 Å². The third-order valence-electron chi connectivity index (χ3n) is 3.18. The Morgan fingerprint density at radius 1 is 1.33 bits per heavy atom. The second kappa shape index (κ2) is 2.48. The van der Waals surface area contributed by atoms with Gasteiger partial charge in [-0.3, -0.25) is 4.79 Å². The van der Waals surface area contributed by atoms with Crippen LogP contribution in [-0.4, -0.2) is 22.9 Å². The van der Waals surface area contributed by atoms with Crippen molar-refractivity contribution in [3.05, 3.63) is 0 Å². The van der Waals surface area contributed by atoms with Gasteiger partial charge in [-0.2, -0.15) is 0 Å². The van der Waals surface area contributed by atoms with Gasteiger partial charge in [0.1, 0.15) is 0 Å². The summed E-state index contributed by atoms with van der Waals surface area (Å²) in [6, 6.07) is 0. The quantitative estimate of drug-likeness (QED) is 0.583. The van der Waals surface area contributed by atoms with Crippen molar-refractivity contribution in [1.82, 2.24) is 4.90 Å². The molecule has 1 heterocycles. The van der Waals surface area contributed by atoms with E-state index in [9.17, 15) is 4.79 Å². The van der Waals surface area contributed by atoms with Gasteiger partial charge in [-0.15, -0.1) is 0 Å². The molecular formula is C10H17NO. The van der Waals surface area contributed by atoms with E-state index in [1.807, 2.05) is 13.8 Å². The van der Waals surface area contributed by atoms with E-state index in [2.05, 4.69) is 4.90 Å². The first-order valence-electron chi connectivity index (χ1n) is 4.97. The van der Waals surface area contributed by atoms with Gasteiger partial charge in [0.05, 0.1) is 0 Å². The molecule has 2 fully saturated rings. The summed E-state index contributed by atoms with van der Waals surface area (Å²) in [5.74, 6) is 0.547. The standard InChI is InChI=1S/C10H17NO/c1-8(2)9(12)11-7-3-4-10(11)5-6-10/h8H,3-7H2,1-2H3. The van der Waals surface area contributed by atoms with Crippen molar-refractivity contribution < 1.29 is 4.79 Å². The Hall–Kier alpha value is -0.530. The van der Waals surface area contributed by atoms with E-state index in [1.165, 1.54) is 25.7 Å². The van der Waals surface area contributed by atoms with E-state index in [1.54, 1.807) is 0 Å². The fraction of sp³-hybridized carbons (Fsp3) is 0.900. The van der Waals surface area contributed by atoms with E-state index in [4.69, 9.17) is 0 Å². The third kappa shape index (κ3) is 1.05. The van der Waals surface area contributed by atoms with Gasteiger partial charge in [0.25, 0.3) is 0 Å². The summed E-state index contributed by atoms with van der Waals surface area (Å²) in [4.78, 5) is 13.9. The minimum Gasteiger partial charge on any atom is -0.337 e. The highest BCUT2D eigenvalue weighted by molar-refractivity contribution is 5.79. The normalized spacial score (nSPS) is 25.4. The SMILES string of the molecule is CC(C)C(=O)N1CCCC12CC2. The molecular weight excluding hydrogens is 150 g/mol. The van der Waals surface area contributed by atoms with Crippen LogP contribution in [0.2, 0.25) is 0 Å². The van der Waals surface area contributed by atoms with E-state index < -0.39 is 0 Å². The molecule has 0 bridgehead atoms. The first kappa shape index (κ1) is 8.09. The summed E-state index contributed by atoms with van der Waals surface area (Å²) >= 11 is 0. The zero-order valence-corrected chi connectivity index (χ0v) is 7.97. The van der Waals surface area contributed by atoms with Crippen molar-refractivity contribution in [3.63, 3.8) is 0 Å². The summed E-state index contributed by atoms with van der Waals surface area (Å²) in [6.45, 7) is 5.00. The van der Waals surface area contributed by atoms with Gasteiger partial charge >= 0.3 is 0 Å². The Morgan fingerprint density at radius 3 is 2.50 bits per heavy atom. The molecule has 0 unspecified atom stereocenters. The number of hydrogen-bond acceptors (Lipinski definition) is 1. The predicted molar refractivity (Wildman–Crippen MR) is 47.8 cm³/mol. The monoisotopic (exact) mass is 167 g/mol. The summed E-state index contributed by atoms with van der Waals surface area (Å²) in [5, 5.41) is 0. The minimum atomic E-state index is 0.181. The molecule has 1 spiro atoms. The van der Waals surface area contributed by atoms with Gasteiger partial charge in [0.15, 0.2) is 0 Å². The molecule has 1 saturated carbocycles. The Morgan fingerprint density at radius 2 is 2.00 bits per heavy atom. The summed E-state index contributed by atoms with van der Waals surface area (Å²) < 4.78 is 0. The summed E-state index contributed by atoms with van der Waals surface area (Å²) in [6.07, 6.45) is 4.99. The first-order valence-corrected chi connectivity index (χ1v) is 4.97. The van der Waals surface area contributed by atoms with Crippen molar-refractivity contribution in [2.45, 2.75) is 45.1 Å². The van der Waals surface area contributed by atoms with Crippen molar-refractivity contribution in [2.75, 3.05) is 6.54 Å². The maximum atomic E-state index is 11.7. The lowest BCUT2D eigenvalue weighted by molar-refractivity contribution is -0.135. The van der Waals surface area contributed by atoms with Gasteiger partial charge in [-0.05, 0) is 25.7 Å². The minimum absolute atomic E-state index is 0.181. The first-order chi connectivity index (χ1) is 5.66. The average molecular weight is 167 g/mol. The van der Waals surface area contributed by atoms with Gasteiger partial charge in [0, 0.05) is 18.0 Å². The fourth-order valence-electron chi connectivity index (χ4n) is 2.26. The Bertz CT molecular complexity index is 206. The lowest BCUT2D eigenvalue weighted by atomic mass is 10.1. The van der Waals surface area contributed by atoms with Crippen molar-refractivity contribution in [3.8, 4) is 0 Å². The van der Waals surface area contributed by atoms with Crippen LogP contribution < -0.4 is 0 Å². The number of rotatable bonds is 1. The Balaban J connectivity index is 2.08. The molecule has 1 aliphatic carbocycles. The number of carbonyl (C=O) groups excluding carboxylic acids is 1. The van der Waals surface area contributed by atoms with E-state index >= 15 is 0 Å². The molecule has 0 aromatic heterocycles. The molecule has 2 nitrogen and oxygen atoms in total. The maximum absolute atomic E-state index is 11.7. The van der Waals surface area contributed by atoms with Crippen LogP contribution in [0.3, 0.4) is 0 Å². The molecule has 2 aliphatic rings. The van der Waals surface area contributed by atoms with Crippen LogP contribution in [0.25, 0.3) is 0 Å². The van der Waals surface area contributed by atoms with E-state index in [-0.39, 0.29) is 5.92 Å². The van der Waals surface area contributed by atoms with E-state index in [0.29, 0.717) is 11.4 Å². The molecule has 0 aromatic carbocycles. The Kier molecular flexibility index (Phi) is 1.67. The molecule has 1 amide bonds. The third-order valence-corrected chi connectivity index (χ3v) is 3.18. The van der Waals surface area contributed by atoms with Gasteiger partial charge in [-0.25, -0.2) is 0 Å². The molecule has 0 atom stereocenters. The Labute approximate surface area is 73.9 Å². The van der Waals surface area contributed by atoms with Crippen LogP contribution >= 0.6 is 0 Å². The van der Waals surface area contributed by atoms with Crippen LogP contribution in [0.4, 0.5) is 0 Å². The molecule has 68 valence electrons. The molecule has 0 radical (unpaired) electrons. The largest absolute Gasteiger partial charge is 0.337 e. The molecule has 12 heavy (non-hydrogen) atoms. The number of carbonyl (C=O) groups is 1. The van der Waals surface area contributed by atoms with Gasteiger partial charge in [-0.1, -0.05) is 13.8 Å². The van der Waals surface area contributed by atoms with Crippen molar-refractivity contribution in [1.29, 1.82) is 0 Å². The molecule has 2 rings (SSSR count). The number of nitrogens with zero attached hydrogens (tertiary/aromatic N) is 1. The van der Waals surface area contributed by atoms with Crippen LogP contribution in [0.5, 0.6) is 0 Å². The molecule has 1 saturated heterocycles. The second-order valence-corrected chi connectivity index (χ2v) is 4.47. The topological polar surface area (TPSA) is 20.3 Å². The molecule has 2 heteroatoms. The summed E-state index contributed by atoms with van der Waals surface area (Å²) in [5.41, 5.74) is 0.349. The van der Waals surface area contributed by atoms with Gasteiger partial charge in [0.2, 0.25) is 5.91 Å². The van der Waals surface area contributed by atoms with Crippen molar-refractivity contribution in [2.24, 2.45) is 5.92 Å². The summed E-state index contributed by atoms with van der Waals surface area (Å²) in [7, 11) is 0. The highest BCUT2D eigenvalue weighted by Gasteiger charge is 2.52. The molecule has 0 N–H and O–H groups in total. The zero-order chi connectivity index (χ0) is 8.77. The molecule has 1 aliphatic heterocycles. The van der Waals surface area contributed by atoms with Gasteiger partial charge < -0.3 is 4.90 Å². The highest BCUT2D eigenvalue weighted by Crippen LogP contribution is 2.49. The van der Waals surface area contributed by atoms with Crippen molar-refractivity contribution >= 4 is 5.91 Å². The molecule has 0 aromatic rings. The lowest BCUT2D eigenvalue weighted by Crippen LogP contribution is -2.39. The van der Waals surface area contributed by atoms with E-state index in [0.717, 1.165) is 6.54 Å². The number of hydrogen-bond donors (Lipinski definition) is 0. The highest BCUT2D eigenvalue weighted by atomic mass is 16.2. The average Bonchev–Trinajstić information content (AvgIpc) is 2.62. The maximum Gasteiger partial charge on any atom is 0.225 e. The smallest absolute Gasteiger partial charge is 0.225 e. The number of amides is 1. The fourth-order valence-corrected chi connectivity index (χ4v) is 2.26.